The van der Waals surface area contributed by atoms with E-state index in [4.69, 9.17) is 10.8 Å². The molecule has 0 amide bonds. The summed E-state index contributed by atoms with van der Waals surface area (Å²) in [5, 5.41) is 9.17. The molecule has 0 radical (unpaired) electrons. The lowest BCUT2D eigenvalue weighted by atomic mass is 9.86. The van der Waals surface area contributed by atoms with Crippen LogP contribution in [0.25, 0.3) is 0 Å². The molecule has 21 heavy (non-hydrogen) atoms. The molecule has 0 spiro atoms. The Balaban J connectivity index is 3.26. The predicted octanol–water partition coefficient (Wildman–Crippen LogP) is 1.96. The normalized spacial score (nSPS) is 14.2. The molecule has 0 heterocycles. The van der Waals surface area contributed by atoms with E-state index in [1.165, 1.54) is 0 Å². The first-order chi connectivity index (χ1) is 9.50. The van der Waals surface area contributed by atoms with Gasteiger partial charge in [-0.2, -0.15) is 0 Å². The smallest absolute Gasteiger partial charge is 0.241 e. The molecule has 0 aliphatic heterocycles. The second-order valence-electron chi connectivity index (χ2n) is 6.48. The van der Waals surface area contributed by atoms with E-state index in [2.05, 4.69) is 4.72 Å². The van der Waals surface area contributed by atoms with E-state index in [9.17, 15) is 8.42 Å². The van der Waals surface area contributed by atoms with Crippen LogP contribution in [0.2, 0.25) is 0 Å². The number of nitrogens with two attached hydrogens (primary N) is 1. The molecular formula is C15H26N2O3S. The third kappa shape index (κ3) is 4.18. The van der Waals surface area contributed by atoms with Crippen molar-refractivity contribution < 1.29 is 13.5 Å². The largest absolute Gasteiger partial charge is 0.398 e. The van der Waals surface area contributed by atoms with Crippen molar-refractivity contribution >= 4 is 15.7 Å². The number of aliphatic hydroxyl groups excluding tert-OH is 1. The van der Waals surface area contributed by atoms with Gasteiger partial charge in [0.05, 0.1) is 4.90 Å². The summed E-state index contributed by atoms with van der Waals surface area (Å²) in [5.74, 6) is 0. The van der Waals surface area contributed by atoms with Crippen molar-refractivity contribution in [1.29, 1.82) is 0 Å². The van der Waals surface area contributed by atoms with Crippen molar-refractivity contribution in [2.45, 2.75) is 52.0 Å². The minimum atomic E-state index is -3.69. The number of sulfonamides is 1. The average molecular weight is 314 g/mol. The molecule has 6 heteroatoms. The highest BCUT2D eigenvalue weighted by atomic mass is 32.2. The number of rotatable bonds is 5. The lowest BCUT2D eigenvalue weighted by Crippen LogP contribution is -2.44. The Morgan fingerprint density at radius 1 is 1.29 bits per heavy atom. The second-order valence-corrected chi connectivity index (χ2v) is 8.13. The predicted molar refractivity (Wildman–Crippen MR) is 85.6 cm³/mol. The first-order valence-electron chi connectivity index (χ1n) is 6.99. The maximum Gasteiger partial charge on any atom is 0.241 e. The van der Waals surface area contributed by atoms with Crippen LogP contribution in [-0.2, 0) is 10.0 Å². The maximum absolute atomic E-state index is 12.7. The van der Waals surface area contributed by atoms with Crippen LogP contribution in [0.4, 0.5) is 5.69 Å². The summed E-state index contributed by atoms with van der Waals surface area (Å²) >= 11 is 0. The number of hydrogen-bond acceptors (Lipinski definition) is 4. The highest BCUT2D eigenvalue weighted by Crippen LogP contribution is 2.28. The Hall–Kier alpha value is -1.11. The van der Waals surface area contributed by atoms with Gasteiger partial charge >= 0.3 is 0 Å². The van der Waals surface area contributed by atoms with Crippen molar-refractivity contribution in [3.05, 3.63) is 23.3 Å². The number of anilines is 1. The molecule has 0 fully saturated rings. The molecule has 0 aliphatic rings. The summed E-state index contributed by atoms with van der Waals surface area (Å²) in [4.78, 5) is 0.231. The molecule has 0 saturated carbocycles. The fraction of sp³-hybridized carbons (Fsp3) is 0.600. The fourth-order valence-electron chi connectivity index (χ4n) is 2.30. The number of nitrogen functional groups attached to an aromatic ring is 1. The van der Waals surface area contributed by atoms with Crippen LogP contribution < -0.4 is 10.5 Å². The number of hydrogen-bond donors (Lipinski definition) is 3. The van der Waals surface area contributed by atoms with E-state index in [1.807, 2.05) is 20.8 Å². The molecule has 4 N–H and O–H groups in total. The van der Waals surface area contributed by atoms with Crippen LogP contribution >= 0.6 is 0 Å². The standard InChI is InChI=1S/C15H26N2O3S/c1-10-6-7-12(16)11(2)14(10)21(19,20)17-13(8-9-18)15(3,4)5/h6-7,13,17-18H,8-9,16H2,1-5H3. The van der Waals surface area contributed by atoms with Gasteiger partial charge in [-0.05, 0) is 42.9 Å². The summed E-state index contributed by atoms with van der Waals surface area (Å²) in [5.41, 5.74) is 7.20. The summed E-state index contributed by atoms with van der Waals surface area (Å²) < 4.78 is 28.1. The summed E-state index contributed by atoms with van der Waals surface area (Å²) in [6.07, 6.45) is 0.364. The topological polar surface area (TPSA) is 92.4 Å². The van der Waals surface area contributed by atoms with E-state index in [1.54, 1.807) is 26.0 Å². The molecular weight excluding hydrogens is 288 g/mol. The van der Waals surface area contributed by atoms with Crippen molar-refractivity contribution in [2.75, 3.05) is 12.3 Å². The molecule has 0 saturated heterocycles. The van der Waals surface area contributed by atoms with Crippen LogP contribution in [0.5, 0.6) is 0 Å². The Bertz CT molecular complexity index is 604. The van der Waals surface area contributed by atoms with Gasteiger partial charge in [0.25, 0.3) is 0 Å². The van der Waals surface area contributed by atoms with Crippen LogP contribution in [0, 0.1) is 19.3 Å². The maximum atomic E-state index is 12.7. The minimum absolute atomic E-state index is 0.0701. The van der Waals surface area contributed by atoms with E-state index in [0.717, 1.165) is 0 Å². The molecule has 1 atom stereocenters. The molecule has 0 aromatic heterocycles. The zero-order valence-corrected chi connectivity index (χ0v) is 14.2. The van der Waals surface area contributed by atoms with Crippen LogP contribution in [0.1, 0.15) is 38.3 Å². The van der Waals surface area contributed by atoms with Gasteiger partial charge in [0.2, 0.25) is 10.0 Å². The van der Waals surface area contributed by atoms with Gasteiger partial charge in [-0.3, -0.25) is 0 Å². The van der Waals surface area contributed by atoms with Crippen LogP contribution in [-0.4, -0.2) is 26.2 Å². The minimum Gasteiger partial charge on any atom is -0.398 e. The summed E-state index contributed by atoms with van der Waals surface area (Å²) in [7, 11) is -3.69. The van der Waals surface area contributed by atoms with Crippen LogP contribution in [0.3, 0.4) is 0 Å². The van der Waals surface area contributed by atoms with Gasteiger partial charge in [-0.25, -0.2) is 13.1 Å². The van der Waals surface area contributed by atoms with E-state index in [-0.39, 0.29) is 23.0 Å². The first-order valence-corrected chi connectivity index (χ1v) is 8.48. The number of nitrogens with one attached hydrogen (secondary N) is 1. The SMILES string of the molecule is Cc1ccc(N)c(C)c1S(=O)(=O)NC(CCO)C(C)(C)C. The zero-order valence-electron chi connectivity index (χ0n) is 13.4. The van der Waals surface area contributed by atoms with Gasteiger partial charge in [0, 0.05) is 18.3 Å². The second kappa shape index (κ2) is 6.34. The van der Waals surface area contributed by atoms with Crippen LogP contribution in [0.15, 0.2) is 17.0 Å². The monoisotopic (exact) mass is 314 g/mol. The van der Waals surface area contributed by atoms with Gasteiger partial charge in [-0.15, -0.1) is 0 Å². The van der Waals surface area contributed by atoms with E-state index in [0.29, 0.717) is 23.2 Å². The molecule has 5 nitrogen and oxygen atoms in total. The lowest BCUT2D eigenvalue weighted by Gasteiger charge is -2.31. The van der Waals surface area contributed by atoms with Crippen molar-refractivity contribution in [3.8, 4) is 0 Å². The Morgan fingerprint density at radius 2 is 1.86 bits per heavy atom. The lowest BCUT2D eigenvalue weighted by molar-refractivity contribution is 0.214. The van der Waals surface area contributed by atoms with Crippen molar-refractivity contribution in [3.63, 3.8) is 0 Å². The molecule has 0 aliphatic carbocycles. The third-order valence-corrected chi connectivity index (χ3v) is 5.43. The average Bonchev–Trinajstić information content (AvgIpc) is 2.32. The summed E-state index contributed by atoms with van der Waals surface area (Å²) in [6, 6.07) is 3.06. The molecule has 1 unspecified atom stereocenters. The van der Waals surface area contributed by atoms with Gasteiger partial charge in [0.1, 0.15) is 0 Å². The summed E-state index contributed by atoms with van der Waals surface area (Å²) in [6.45, 7) is 9.20. The van der Waals surface area contributed by atoms with Crippen molar-refractivity contribution in [1.82, 2.24) is 4.72 Å². The van der Waals surface area contributed by atoms with E-state index < -0.39 is 10.0 Å². The first kappa shape index (κ1) is 17.9. The zero-order chi connectivity index (χ0) is 16.4. The highest BCUT2D eigenvalue weighted by molar-refractivity contribution is 7.89. The number of aryl methyl sites for hydroxylation is 1. The van der Waals surface area contributed by atoms with Gasteiger partial charge < -0.3 is 10.8 Å². The Kier molecular flexibility index (Phi) is 5.41. The molecule has 0 bridgehead atoms. The molecule has 120 valence electrons. The molecule has 1 aromatic rings. The fourth-order valence-corrected chi connectivity index (χ4v) is 4.28. The highest BCUT2D eigenvalue weighted by Gasteiger charge is 2.30. The Morgan fingerprint density at radius 3 is 2.33 bits per heavy atom. The number of benzene rings is 1. The molecule has 1 aromatic carbocycles. The third-order valence-electron chi connectivity index (χ3n) is 3.67. The number of aliphatic hydroxyl groups is 1. The quantitative estimate of drug-likeness (QED) is 0.724. The molecule has 1 rings (SSSR count). The van der Waals surface area contributed by atoms with Crippen molar-refractivity contribution in [2.24, 2.45) is 5.41 Å². The Labute approximate surface area is 127 Å². The van der Waals surface area contributed by atoms with Gasteiger partial charge in [-0.1, -0.05) is 26.8 Å². The van der Waals surface area contributed by atoms with E-state index >= 15 is 0 Å². The van der Waals surface area contributed by atoms with Gasteiger partial charge in [0.15, 0.2) is 0 Å².